The molecule has 0 radical (unpaired) electrons. The number of nitrogens with one attached hydrogen (secondary N) is 5. The van der Waals surface area contributed by atoms with E-state index < -0.39 is 41.6 Å². The van der Waals surface area contributed by atoms with E-state index in [-0.39, 0.29) is 61.1 Å². The van der Waals surface area contributed by atoms with Gasteiger partial charge in [-0.3, -0.25) is 14.4 Å². The number of rotatable bonds is 21. The van der Waals surface area contributed by atoms with E-state index >= 15 is 0 Å². The third-order valence-corrected chi connectivity index (χ3v) is 12.6. The van der Waals surface area contributed by atoms with Gasteiger partial charge in [0.05, 0.1) is 50.9 Å². The fourth-order valence-electron chi connectivity index (χ4n) is 7.68. The van der Waals surface area contributed by atoms with Gasteiger partial charge in [-0.05, 0) is 55.8 Å². The zero-order valence-electron chi connectivity index (χ0n) is 38.5. The van der Waals surface area contributed by atoms with Crippen molar-refractivity contribution >= 4 is 75.3 Å². The minimum Gasteiger partial charge on any atom is -0.475 e. The van der Waals surface area contributed by atoms with Crippen molar-refractivity contribution in [3.8, 4) is 16.3 Å². The molecule has 18 nitrogen and oxygen atoms in total. The molecule has 5 amide bonds. The van der Waals surface area contributed by atoms with E-state index in [1.807, 2.05) is 64.4 Å². The molecule has 0 spiro atoms. The lowest BCUT2D eigenvalue weighted by Gasteiger charge is -2.35. The molecule has 0 bridgehead atoms. The van der Waals surface area contributed by atoms with E-state index in [0.717, 1.165) is 47.5 Å². The summed E-state index contributed by atoms with van der Waals surface area (Å²) in [6.45, 7) is 11.1. The van der Waals surface area contributed by atoms with Crippen LogP contribution in [0.2, 0.25) is 10.2 Å². The van der Waals surface area contributed by atoms with Gasteiger partial charge in [-0.25, -0.2) is 24.3 Å². The van der Waals surface area contributed by atoms with Crippen molar-refractivity contribution in [2.45, 2.75) is 104 Å². The first-order valence-electron chi connectivity index (χ1n) is 22.2. The Bertz CT molecular complexity index is 2500. The number of halogens is 2. The minimum absolute atomic E-state index is 0.00845. The molecule has 5 heterocycles. The van der Waals surface area contributed by atoms with E-state index in [1.165, 1.54) is 27.9 Å². The molecule has 4 atom stereocenters. The van der Waals surface area contributed by atoms with Gasteiger partial charge in [0.1, 0.15) is 24.4 Å². The van der Waals surface area contributed by atoms with Crippen molar-refractivity contribution in [3.63, 3.8) is 0 Å². The van der Waals surface area contributed by atoms with Crippen LogP contribution >= 0.6 is 34.5 Å². The lowest BCUT2D eigenvalue weighted by Crippen LogP contribution is -2.57. The lowest BCUT2D eigenvalue weighted by atomic mass is 9.85. The van der Waals surface area contributed by atoms with Gasteiger partial charge in [0.15, 0.2) is 10.8 Å². The van der Waals surface area contributed by atoms with Crippen LogP contribution in [-0.2, 0) is 25.7 Å². The van der Waals surface area contributed by atoms with Gasteiger partial charge >= 0.3 is 6.03 Å². The average Bonchev–Trinajstić information content (AvgIpc) is 4.02. The molecule has 4 aromatic heterocycles. The smallest absolute Gasteiger partial charge is 0.323 e. The van der Waals surface area contributed by atoms with Gasteiger partial charge in [0.2, 0.25) is 23.6 Å². The van der Waals surface area contributed by atoms with Crippen LogP contribution < -0.4 is 31.3 Å². The Morgan fingerprint density at radius 1 is 0.970 bits per heavy atom. The third-order valence-electron chi connectivity index (χ3n) is 11.3. The number of hydrogen-bond donors (Lipinski definition) is 6. The molecule has 0 aliphatic carbocycles. The molecule has 67 heavy (non-hydrogen) atoms. The number of benzene rings is 1. The van der Waals surface area contributed by atoms with Crippen LogP contribution in [0.4, 0.5) is 16.2 Å². The number of ether oxygens (including phenoxy) is 2. The molecule has 0 saturated carbocycles. The zero-order valence-corrected chi connectivity index (χ0v) is 40.9. The van der Waals surface area contributed by atoms with Gasteiger partial charge in [0.25, 0.3) is 0 Å². The molecule has 5 aromatic rings. The van der Waals surface area contributed by atoms with Crippen molar-refractivity contribution in [2.75, 3.05) is 44.0 Å². The highest BCUT2D eigenvalue weighted by Gasteiger charge is 2.44. The summed E-state index contributed by atoms with van der Waals surface area (Å²) in [6.07, 6.45) is 5.17. The number of aryl methyl sites for hydroxylation is 1. The number of pyridine rings is 1. The lowest BCUT2D eigenvalue weighted by molar-refractivity contribution is -0.144. The molecule has 2 unspecified atom stereocenters. The van der Waals surface area contributed by atoms with Crippen LogP contribution in [0.3, 0.4) is 0 Å². The molecular weight excluding hydrogens is 922 g/mol. The van der Waals surface area contributed by atoms with E-state index in [0.29, 0.717) is 35.0 Å². The number of amides is 5. The number of thiazole rings is 1. The predicted octanol–water partition coefficient (Wildman–Crippen LogP) is 6.94. The molecule has 360 valence electrons. The summed E-state index contributed by atoms with van der Waals surface area (Å²) >= 11 is 13.9. The van der Waals surface area contributed by atoms with Crippen molar-refractivity contribution < 1.29 is 33.8 Å². The van der Waals surface area contributed by atoms with Crippen molar-refractivity contribution in [1.29, 1.82) is 0 Å². The molecule has 1 fully saturated rings. The Balaban J connectivity index is 0.887. The number of urea groups is 1. The first kappa shape index (κ1) is 51.0. The zero-order chi connectivity index (χ0) is 48.3. The van der Waals surface area contributed by atoms with Crippen LogP contribution in [0.15, 0.2) is 54.3 Å². The summed E-state index contributed by atoms with van der Waals surface area (Å²) in [4.78, 5) is 69.2. The van der Waals surface area contributed by atoms with Crippen molar-refractivity contribution in [2.24, 2.45) is 5.41 Å². The van der Waals surface area contributed by atoms with Gasteiger partial charge in [-0.15, -0.1) is 11.3 Å². The Hall–Kier alpha value is -5.44. The van der Waals surface area contributed by atoms with Crippen LogP contribution in [0.1, 0.15) is 89.3 Å². The van der Waals surface area contributed by atoms with Crippen LogP contribution in [0, 0.1) is 12.3 Å². The Morgan fingerprint density at radius 2 is 1.72 bits per heavy atom. The third kappa shape index (κ3) is 13.8. The number of aromatic nitrogens is 5. The van der Waals surface area contributed by atoms with Gasteiger partial charge in [0, 0.05) is 51.8 Å². The Labute approximate surface area is 403 Å². The maximum absolute atomic E-state index is 14.0. The number of hydrogen-bond acceptors (Lipinski definition) is 13. The molecule has 1 aliphatic heterocycles. The second-order valence-corrected chi connectivity index (χ2v) is 19.1. The molecule has 21 heteroatoms. The highest BCUT2D eigenvalue weighted by Crippen LogP contribution is 2.31. The average molecular weight is 981 g/mol. The standard InChI is InChI=1S/C46H59Cl2N11O7S/c1-27-40(67-26-53-27)30-14-12-29(13-15-30)22-51-42(62)35-20-32(60)25-58(35)44(63)41(46(3,4)5)56-38(61)11-9-7-8-10-16-49-17-18-66-43-33(19-31(47)23-52-43)54-45(64)55-34-24-50-37-21-36(48)57-59(37)39(34)28(2)65-6/h12-15,19,21,23-24,26,28,32,35,41,49,60H,7-11,16-18,20,22,25H2,1-6H3,(H,51,62)(H,56,61)(H2,54,55,64)/t28?,32-,35+,41?/m0/s1. The van der Waals surface area contributed by atoms with Gasteiger partial charge in [-0.1, -0.05) is 81.1 Å². The first-order chi connectivity index (χ1) is 32.0. The van der Waals surface area contributed by atoms with E-state index in [9.17, 15) is 24.3 Å². The molecule has 1 saturated heterocycles. The fourth-order valence-corrected chi connectivity index (χ4v) is 8.82. The van der Waals surface area contributed by atoms with E-state index in [2.05, 4.69) is 46.6 Å². The number of nitrogens with zero attached hydrogens (tertiary/aromatic N) is 6. The number of carbonyl (C=O) groups is 4. The first-order valence-corrected chi connectivity index (χ1v) is 23.8. The second kappa shape index (κ2) is 23.5. The maximum atomic E-state index is 14.0. The molecule has 1 aromatic carbocycles. The van der Waals surface area contributed by atoms with Crippen LogP contribution in [0.25, 0.3) is 16.1 Å². The summed E-state index contributed by atoms with van der Waals surface area (Å²) in [5.74, 6) is -0.800. The summed E-state index contributed by atoms with van der Waals surface area (Å²) < 4.78 is 12.9. The number of aliphatic hydroxyl groups excluding tert-OH is 1. The van der Waals surface area contributed by atoms with Crippen molar-refractivity contribution in [3.05, 3.63) is 81.4 Å². The Morgan fingerprint density at radius 3 is 2.43 bits per heavy atom. The van der Waals surface area contributed by atoms with Crippen LogP contribution in [0.5, 0.6) is 5.88 Å². The number of carbonyl (C=O) groups excluding carboxylic acids is 4. The SMILES string of the molecule is COC(C)c1c(NC(=O)Nc2cc(Cl)cnc2OCCNCCCCCCC(=O)NC(C(=O)N2C[C@@H](O)C[C@@H]2C(=O)NCc2ccc(-c3scnc3C)cc2)C(C)(C)C)cnc2cc(Cl)nn12. The molecule has 1 aliphatic rings. The summed E-state index contributed by atoms with van der Waals surface area (Å²) in [7, 11) is 1.54. The van der Waals surface area contributed by atoms with Gasteiger partial charge in [-0.2, -0.15) is 5.10 Å². The number of aliphatic hydroxyl groups is 1. The van der Waals surface area contributed by atoms with Crippen molar-refractivity contribution in [1.82, 2.24) is 45.4 Å². The summed E-state index contributed by atoms with van der Waals surface area (Å²) in [5, 5.41) is 30.1. The van der Waals surface area contributed by atoms with Gasteiger partial charge < -0.3 is 46.1 Å². The Kier molecular flexibility index (Phi) is 17.9. The predicted molar refractivity (Wildman–Crippen MR) is 258 cm³/mol. The number of fused-ring (bicyclic) bond motifs is 1. The number of methoxy groups -OCH3 is 1. The largest absolute Gasteiger partial charge is 0.475 e. The number of likely N-dealkylation sites (tertiary alicyclic amines) is 1. The number of anilines is 2. The highest BCUT2D eigenvalue weighted by molar-refractivity contribution is 7.13. The number of unbranched alkanes of at least 4 members (excludes halogenated alkanes) is 3. The maximum Gasteiger partial charge on any atom is 0.323 e. The van der Waals surface area contributed by atoms with Crippen LogP contribution in [-0.4, -0.2) is 110 Å². The normalized spacial score (nSPS) is 15.9. The fraction of sp³-hybridized carbons (Fsp3) is 0.478. The minimum atomic E-state index is -0.887. The molecule has 6 rings (SSSR count). The number of β-amino-alcohol motifs (C(OH)–C–C–N with tert-alkyl or cyclic N) is 1. The van der Waals surface area contributed by atoms with E-state index in [4.69, 9.17) is 32.7 Å². The second-order valence-electron chi connectivity index (χ2n) is 17.5. The monoisotopic (exact) mass is 979 g/mol. The highest BCUT2D eigenvalue weighted by atomic mass is 35.5. The topological polar surface area (TPSA) is 226 Å². The molecular formula is C46H59Cl2N11O7S. The quantitative estimate of drug-likeness (QED) is 0.0411. The van der Waals surface area contributed by atoms with E-state index in [1.54, 1.807) is 24.5 Å². The molecule has 6 N–H and O–H groups in total. The summed E-state index contributed by atoms with van der Waals surface area (Å²) in [6, 6.07) is 8.69. The summed E-state index contributed by atoms with van der Waals surface area (Å²) in [5.41, 5.74) is 5.75.